The maximum absolute atomic E-state index is 11.4. The summed E-state index contributed by atoms with van der Waals surface area (Å²) in [6, 6.07) is 31.6. The van der Waals surface area contributed by atoms with Gasteiger partial charge in [0.1, 0.15) is 17.2 Å². The summed E-state index contributed by atoms with van der Waals surface area (Å²) in [5.41, 5.74) is 5.28. The van der Waals surface area contributed by atoms with Gasteiger partial charge >= 0.3 is 5.97 Å². The average Bonchev–Trinajstić information content (AvgIpc) is 2.89. The maximum atomic E-state index is 11.4. The van der Waals surface area contributed by atoms with Crippen LogP contribution in [0.2, 0.25) is 0 Å². The van der Waals surface area contributed by atoms with Crippen molar-refractivity contribution in [2.75, 3.05) is 6.61 Å². The summed E-state index contributed by atoms with van der Waals surface area (Å²) in [6.07, 6.45) is 0.451. The lowest BCUT2D eigenvalue weighted by Crippen LogP contribution is -2.26. The largest absolute Gasteiger partial charge is 0.493 e. The monoisotopic (exact) mass is 510 g/mol. The Balaban J connectivity index is 1.47. The predicted molar refractivity (Wildman–Crippen MR) is 150 cm³/mol. The molecular formula is C33H34O5. The lowest BCUT2D eigenvalue weighted by atomic mass is 9.93. The van der Waals surface area contributed by atoms with Crippen molar-refractivity contribution in [1.29, 1.82) is 0 Å². The SMILES string of the molecule is Cc1cccc(OCCC(Oc2ccc(-c3ccccc3CC(C)C(=O)O)cc2)Oc2cccc(C)c2)c1. The minimum Gasteiger partial charge on any atom is -0.493 e. The Kier molecular flexibility index (Phi) is 9.04. The van der Waals surface area contributed by atoms with Crippen LogP contribution in [-0.4, -0.2) is 24.0 Å². The molecule has 0 spiro atoms. The first-order valence-electron chi connectivity index (χ1n) is 12.9. The Labute approximate surface area is 224 Å². The Morgan fingerprint density at radius 1 is 0.763 bits per heavy atom. The Bertz CT molecular complexity index is 1350. The predicted octanol–water partition coefficient (Wildman–Crippen LogP) is 7.49. The summed E-state index contributed by atoms with van der Waals surface area (Å²) in [4.78, 5) is 11.4. The van der Waals surface area contributed by atoms with Crippen LogP contribution in [-0.2, 0) is 11.2 Å². The fourth-order valence-corrected chi connectivity index (χ4v) is 4.22. The van der Waals surface area contributed by atoms with E-state index in [1.165, 1.54) is 0 Å². The van der Waals surface area contributed by atoms with Crippen molar-refractivity contribution in [2.45, 2.75) is 39.9 Å². The van der Waals surface area contributed by atoms with Gasteiger partial charge in [-0.25, -0.2) is 0 Å². The van der Waals surface area contributed by atoms with Crippen molar-refractivity contribution in [3.05, 3.63) is 114 Å². The van der Waals surface area contributed by atoms with Gasteiger partial charge in [0.05, 0.1) is 18.9 Å². The summed E-state index contributed by atoms with van der Waals surface area (Å²) >= 11 is 0. The second kappa shape index (κ2) is 12.8. The smallest absolute Gasteiger partial charge is 0.306 e. The number of hydrogen-bond acceptors (Lipinski definition) is 4. The van der Waals surface area contributed by atoms with Crippen LogP contribution in [0.5, 0.6) is 17.2 Å². The van der Waals surface area contributed by atoms with E-state index < -0.39 is 18.2 Å². The van der Waals surface area contributed by atoms with Crippen LogP contribution in [0.1, 0.15) is 30.0 Å². The third kappa shape index (κ3) is 7.62. The van der Waals surface area contributed by atoms with E-state index in [2.05, 4.69) is 0 Å². The standard InChI is InChI=1S/C33H34O5/c1-23-8-6-11-29(20-23)36-19-18-32(38-30-12-7-9-24(2)21-30)37-28-16-14-26(15-17-28)31-13-5-4-10-27(31)22-25(3)33(34)35/h4-17,20-21,25,32H,18-19,22H2,1-3H3,(H,34,35). The van der Waals surface area contributed by atoms with E-state index in [0.29, 0.717) is 25.2 Å². The van der Waals surface area contributed by atoms with Crippen molar-refractivity contribution in [2.24, 2.45) is 5.92 Å². The molecule has 0 aromatic heterocycles. The first-order chi connectivity index (χ1) is 18.4. The fraction of sp³-hybridized carbons (Fsp3) is 0.242. The first kappa shape index (κ1) is 26.8. The quantitative estimate of drug-likeness (QED) is 0.200. The minimum atomic E-state index is -0.797. The molecule has 0 aliphatic rings. The molecule has 2 unspecified atom stereocenters. The van der Waals surface area contributed by atoms with Gasteiger partial charge in [0.2, 0.25) is 6.29 Å². The molecule has 0 radical (unpaired) electrons. The van der Waals surface area contributed by atoms with Crippen molar-refractivity contribution >= 4 is 5.97 Å². The topological polar surface area (TPSA) is 65.0 Å². The van der Waals surface area contributed by atoms with Crippen LogP contribution in [0.25, 0.3) is 11.1 Å². The molecule has 0 aliphatic carbocycles. The molecule has 0 aliphatic heterocycles. The van der Waals surface area contributed by atoms with Crippen LogP contribution < -0.4 is 14.2 Å². The van der Waals surface area contributed by atoms with Crippen molar-refractivity contribution < 1.29 is 24.1 Å². The highest BCUT2D eigenvalue weighted by molar-refractivity contribution is 5.72. The molecule has 4 aromatic rings. The third-order valence-electron chi connectivity index (χ3n) is 6.27. The van der Waals surface area contributed by atoms with Crippen LogP contribution in [0.15, 0.2) is 97.1 Å². The Morgan fingerprint density at radius 3 is 2.08 bits per heavy atom. The van der Waals surface area contributed by atoms with Crippen LogP contribution in [0.3, 0.4) is 0 Å². The molecule has 196 valence electrons. The zero-order valence-electron chi connectivity index (χ0n) is 22.1. The molecule has 0 saturated carbocycles. The zero-order valence-corrected chi connectivity index (χ0v) is 22.1. The number of rotatable bonds is 12. The molecular weight excluding hydrogens is 476 g/mol. The van der Waals surface area contributed by atoms with E-state index in [-0.39, 0.29) is 0 Å². The second-order valence-electron chi connectivity index (χ2n) is 9.56. The van der Waals surface area contributed by atoms with E-state index in [9.17, 15) is 9.90 Å². The number of aryl methyl sites for hydroxylation is 2. The lowest BCUT2D eigenvalue weighted by Gasteiger charge is -2.21. The molecule has 0 bridgehead atoms. The third-order valence-corrected chi connectivity index (χ3v) is 6.27. The van der Waals surface area contributed by atoms with Gasteiger partial charge in [-0.15, -0.1) is 0 Å². The molecule has 0 amide bonds. The molecule has 0 saturated heterocycles. The van der Waals surface area contributed by atoms with Gasteiger partial charge < -0.3 is 19.3 Å². The summed E-state index contributed by atoms with van der Waals surface area (Å²) in [5, 5.41) is 9.35. The van der Waals surface area contributed by atoms with E-state index in [0.717, 1.165) is 39.3 Å². The molecule has 38 heavy (non-hydrogen) atoms. The Hall–Kier alpha value is -4.25. The summed E-state index contributed by atoms with van der Waals surface area (Å²) in [7, 11) is 0. The molecule has 0 fully saturated rings. The van der Waals surface area contributed by atoms with Gasteiger partial charge in [0, 0.05) is 0 Å². The number of carboxylic acid groups (broad SMARTS) is 1. The molecule has 4 rings (SSSR count). The number of carboxylic acids is 1. The summed E-state index contributed by atoms with van der Waals surface area (Å²) in [6.45, 7) is 6.23. The van der Waals surface area contributed by atoms with Gasteiger partial charge in [-0.2, -0.15) is 0 Å². The zero-order chi connectivity index (χ0) is 26.9. The normalized spacial score (nSPS) is 12.4. The number of carbonyl (C=O) groups is 1. The van der Waals surface area contributed by atoms with Gasteiger partial charge in [-0.1, -0.05) is 67.6 Å². The maximum Gasteiger partial charge on any atom is 0.306 e. The van der Waals surface area contributed by atoms with Gasteiger partial charge in [-0.3, -0.25) is 4.79 Å². The first-order valence-corrected chi connectivity index (χ1v) is 12.9. The summed E-state index contributed by atoms with van der Waals surface area (Å²) < 4.78 is 18.4. The Morgan fingerprint density at radius 2 is 1.39 bits per heavy atom. The van der Waals surface area contributed by atoms with Crippen LogP contribution in [0.4, 0.5) is 0 Å². The fourth-order valence-electron chi connectivity index (χ4n) is 4.22. The average molecular weight is 511 g/mol. The number of hydrogen-bond donors (Lipinski definition) is 1. The van der Waals surface area contributed by atoms with E-state index >= 15 is 0 Å². The van der Waals surface area contributed by atoms with Gasteiger partial charge in [0.25, 0.3) is 0 Å². The highest BCUT2D eigenvalue weighted by atomic mass is 16.7. The van der Waals surface area contributed by atoms with E-state index in [4.69, 9.17) is 14.2 Å². The highest BCUT2D eigenvalue weighted by Crippen LogP contribution is 2.28. The summed E-state index contributed by atoms with van der Waals surface area (Å²) in [5.74, 6) is 0.983. The van der Waals surface area contributed by atoms with Crippen molar-refractivity contribution in [3.63, 3.8) is 0 Å². The van der Waals surface area contributed by atoms with Gasteiger partial charge in [-0.05, 0) is 84.5 Å². The molecule has 2 atom stereocenters. The van der Waals surface area contributed by atoms with Crippen LogP contribution >= 0.6 is 0 Å². The molecule has 5 heteroatoms. The van der Waals surface area contributed by atoms with Crippen molar-refractivity contribution in [3.8, 4) is 28.4 Å². The number of aliphatic carboxylic acids is 1. The highest BCUT2D eigenvalue weighted by Gasteiger charge is 2.16. The van der Waals surface area contributed by atoms with E-state index in [1.807, 2.05) is 111 Å². The van der Waals surface area contributed by atoms with Crippen molar-refractivity contribution in [1.82, 2.24) is 0 Å². The molecule has 5 nitrogen and oxygen atoms in total. The molecule has 4 aromatic carbocycles. The van der Waals surface area contributed by atoms with E-state index in [1.54, 1.807) is 6.92 Å². The minimum absolute atomic E-state index is 0.438. The number of benzene rings is 4. The van der Waals surface area contributed by atoms with Gasteiger partial charge in [0.15, 0.2) is 0 Å². The van der Waals surface area contributed by atoms with Crippen LogP contribution in [0, 0.1) is 19.8 Å². The molecule has 0 heterocycles. The molecule has 1 N–H and O–H groups in total. The lowest BCUT2D eigenvalue weighted by molar-refractivity contribution is -0.141. The number of ether oxygens (including phenoxy) is 3. The second-order valence-corrected chi connectivity index (χ2v) is 9.56.